The lowest BCUT2D eigenvalue weighted by Gasteiger charge is -2.24. The smallest absolute Gasteiger partial charge is 0.267 e. The highest BCUT2D eigenvalue weighted by atomic mass is 16.6. The number of hydrogen-bond donors (Lipinski definition) is 0. The molecule has 28 heavy (non-hydrogen) atoms. The third-order valence-corrected chi connectivity index (χ3v) is 4.40. The van der Waals surface area contributed by atoms with Crippen molar-refractivity contribution in [3.05, 3.63) is 66.0 Å². The van der Waals surface area contributed by atoms with Crippen LogP contribution in [0.15, 0.2) is 60.4 Å². The van der Waals surface area contributed by atoms with Crippen molar-refractivity contribution in [3.63, 3.8) is 0 Å². The van der Waals surface area contributed by atoms with E-state index < -0.39 is 6.04 Å². The molecule has 1 aromatic carbocycles. The van der Waals surface area contributed by atoms with Crippen molar-refractivity contribution in [1.29, 1.82) is 0 Å². The van der Waals surface area contributed by atoms with E-state index in [1.165, 1.54) is 10.7 Å². The van der Waals surface area contributed by atoms with Crippen molar-refractivity contribution in [2.24, 2.45) is 0 Å². The van der Waals surface area contributed by atoms with Gasteiger partial charge in [0.05, 0.1) is 5.69 Å². The van der Waals surface area contributed by atoms with Crippen LogP contribution in [0.4, 0.5) is 0 Å². The Morgan fingerprint density at radius 1 is 1.18 bits per heavy atom. The molecule has 7 heteroatoms. The fraction of sp³-hybridized carbons (Fsp3) is 0.286. The predicted molar refractivity (Wildman–Crippen MR) is 107 cm³/mol. The summed E-state index contributed by atoms with van der Waals surface area (Å²) in [4.78, 5) is 26.7. The van der Waals surface area contributed by atoms with Crippen LogP contribution < -0.4 is 15.0 Å². The molecule has 1 aliphatic rings. The van der Waals surface area contributed by atoms with Gasteiger partial charge in [0.1, 0.15) is 19.3 Å². The lowest BCUT2D eigenvalue weighted by atomic mass is 10.1. The molecule has 0 saturated carbocycles. The first-order valence-corrected chi connectivity index (χ1v) is 9.05. The third-order valence-electron chi connectivity index (χ3n) is 4.40. The van der Waals surface area contributed by atoms with Crippen LogP contribution in [-0.2, 0) is 4.79 Å². The summed E-state index contributed by atoms with van der Waals surface area (Å²) in [7, 11) is 0. The van der Waals surface area contributed by atoms with Gasteiger partial charge >= 0.3 is 0 Å². The van der Waals surface area contributed by atoms with Gasteiger partial charge in [-0.25, -0.2) is 4.68 Å². The van der Waals surface area contributed by atoms with E-state index in [0.717, 1.165) is 5.56 Å². The van der Waals surface area contributed by atoms with Crippen LogP contribution in [0.5, 0.6) is 11.5 Å². The third kappa shape index (κ3) is 3.98. The summed E-state index contributed by atoms with van der Waals surface area (Å²) in [5, 5.41) is 4.42. The molecule has 0 bridgehead atoms. The SMILES string of the molecule is C=CCN(CC=C)C(=O)[C@@H](C)n1nc(-c2ccc3c(c2)OCCO3)ccc1=O. The molecule has 0 radical (unpaired) electrons. The molecule has 1 atom stereocenters. The van der Waals surface area contributed by atoms with Crippen molar-refractivity contribution in [3.8, 4) is 22.8 Å². The second kappa shape index (κ2) is 8.56. The van der Waals surface area contributed by atoms with Crippen LogP contribution in [0.25, 0.3) is 11.3 Å². The number of aromatic nitrogens is 2. The Morgan fingerprint density at radius 3 is 2.54 bits per heavy atom. The maximum Gasteiger partial charge on any atom is 0.267 e. The van der Waals surface area contributed by atoms with Crippen LogP contribution >= 0.6 is 0 Å². The van der Waals surface area contributed by atoms with Crippen molar-refractivity contribution >= 4 is 5.91 Å². The minimum atomic E-state index is -0.760. The first-order valence-electron chi connectivity index (χ1n) is 9.05. The Balaban J connectivity index is 1.93. The zero-order valence-corrected chi connectivity index (χ0v) is 15.8. The molecule has 1 aliphatic heterocycles. The van der Waals surface area contributed by atoms with Crippen LogP contribution in [0.1, 0.15) is 13.0 Å². The molecule has 0 unspecified atom stereocenters. The molecule has 1 aromatic heterocycles. The molecule has 2 aromatic rings. The fourth-order valence-electron chi connectivity index (χ4n) is 2.99. The Kier molecular flexibility index (Phi) is 5.93. The number of amides is 1. The summed E-state index contributed by atoms with van der Waals surface area (Å²) in [6, 6.07) is 7.76. The number of ether oxygens (including phenoxy) is 2. The average molecular weight is 381 g/mol. The topological polar surface area (TPSA) is 73.7 Å². The van der Waals surface area contributed by atoms with Crippen LogP contribution in [0, 0.1) is 0 Å². The average Bonchev–Trinajstić information content (AvgIpc) is 2.72. The molecule has 1 amide bonds. The van der Waals surface area contributed by atoms with E-state index in [4.69, 9.17) is 9.47 Å². The Hall–Kier alpha value is -3.35. The van der Waals surface area contributed by atoms with Crippen molar-refractivity contribution in [2.45, 2.75) is 13.0 Å². The highest BCUT2D eigenvalue weighted by molar-refractivity contribution is 5.80. The van der Waals surface area contributed by atoms with E-state index in [1.807, 2.05) is 18.2 Å². The van der Waals surface area contributed by atoms with Gasteiger partial charge in [-0.2, -0.15) is 5.10 Å². The van der Waals surface area contributed by atoms with Gasteiger partial charge in [0.25, 0.3) is 5.56 Å². The quantitative estimate of drug-likeness (QED) is 0.689. The second-order valence-corrected chi connectivity index (χ2v) is 6.36. The highest BCUT2D eigenvalue weighted by Gasteiger charge is 2.23. The molecule has 0 fully saturated rings. The molecule has 0 spiro atoms. The minimum absolute atomic E-state index is 0.228. The molecule has 3 rings (SSSR count). The summed E-state index contributed by atoms with van der Waals surface area (Å²) >= 11 is 0. The first kappa shape index (κ1) is 19.4. The predicted octanol–water partition coefficient (Wildman–Crippen LogP) is 2.44. The molecular weight excluding hydrogens is 358 g/mol. The lowest BCUT2D eigenvalue weighted by molar-refractivity contribution is -0.133. The fourth-order valence-corrected chi connectivity index (χ4v) is 2.99. The zero-order valence-electron chi connectivity index (χ0n) is 15.8. The largest absolute Gasteiger partial charge is 0.486 e. The van der Waals surface area contributed by atoms with Gasteiger partial charge in [-0.05, 0) is 31.2 Å². The van der Waals surface area contributed by atoms with Crippen LogP contribution in [0.2, 0.25) is 0 Å². The number of hydrogen-bond acceptors (Lipinski definition) is 5. The monoisotopic (exact) mass is 381 g/mol. The summed E-state index contributed by atoms with van der Waals surface area (Å²) in [5.74, 6) is 1.08. The van der Waals surface area contributed by atoms with Gasteiger partial charge in [-0.3, -0.25) is 9.59 Å². The number of rotatable bonds is 7. The number of benzene rings is 1. The standard InChI is InChI=1S/C21H23N3O4/c1-4-10-23(11-5-2)21(26)15(3)24-20(25)9-7-17(22-24)16-6-8-18-19(14-16)28-13-12-27-18/h4-9,14-15H,1-2,10-13H2,3H3/t15-/m1/s1. The van der Waals surface area contributed by atoms with Gasteiger partial charge in [-0.1, -0.05) is 12.2 Å². The second-order valence-electron chi connectivity index (χ2n) is 6.36. The van der Waals surface area contributed by atoms with E-state index in [9.17, 15) is 9.59 Å². The lowest BCUT2D eigenvalue weighted by Crippen LogP contribution is -2.40. The molecular formula is C21H23N3O4. The maximum atomic E-state index is 12.8. The summed E-state index contributed by atoms with van der Waals surface area (Å²) < 4.78 is 12.3. The van der Waals surface area contributed by atoms with E-state index in [1.54, 1.807) is 30.0 Å². The van der Waals surface area contributed by atoms with Gasteiger partial charge < -0.3 is 14.4 Å². The molecule has 7 nitrogen and oxygen atoms in total. The number of fused-ring (bicyclic) bond motifs is 1. The molecule has 0 saturated heterocycles. The molecule has 0 N–H and O–H groups in total. The van der Waals surface area contributed by atoms with Gasteiger partial charge in [-0.15, -0.1) is 13.2 Å². The van der Waals surface area contributed by atoms with E-state index in [-0.39, 0.29) is 11.5 Å². The van der Waals surface area contributed by atoms with Crippen molar-refractivity contribution in [1.82, 2.24) is 14.7 Å². The number of nitrogens with zero attached hydrogens (tertiary/aromatic N) is 3. The Morgan fingerprint density at radius 2 is 1.86 bits per heavy atom. The summed E-state index contributed by atoms with van der Waals surface area (Å²) in [5.41, 5.74) is 0.987. The highest BCUT2D eigenvalue weighted by Crippen LogP contribution is 2.33. The first-order chi connectivity index (χ1) is 13.5. The van der Waals surface area contributed by atoms with Gasteiger partial charge in [0.15, 0.2) is 11.5 Å². The normalized spacial score (nSPS) is 13.5. The van der Waals surface area contributed by atoms with Crippen LogP contribution in [0.3, 0.4) is 0 Å². The van der Waals surface area contributed by atoms with E-state index >= 15 is 0 Å². The number of carbonyl (C=O) groups is 1. The minimum Gasteiger partial charge on any atom is -0.486 e. The van der Waals surface area contributed by atoms with Gasteiger partial charge in [0, 0.05) is 24.7 Å². The summed E-state index contributed by atoms with van der Waals surface area (Å²) in [6.07, 6.45) is 3.27. The maximum absolute atomic E-state index is 12.8. The van der Waals surface area contributed by atoms with Gasteiger partial charge in [0.2, 0.25) is 5.91 Å². The molecule has 0 aliphatic carbocycles. The Bertz CT molecular complexity index is 941. The van der Waals surface area contributed by atoms with Crippen molar-refractivity contribution < 1.29 is 14.3 Å². The van der Waals surface area contributed by atoms with E-state index in [2.05, 4.69) is 18.3 Å². The molecule has 146 valence electrons. The molecule has 2 heterocycles. The Labute approximate surface area is 163 Å². The van der Waals surface area contributed by atoms with E-state index in [0.29, 0.717) is 43.5 Å². The summed E-state index contributed by atoms with van der Waals surface area (Å²) in [6.45, 7) is 10.7. The number of carbonyl (C=O) groups excluding carboxylic acids is 1. The van der Waals surface area contributed by atoms with Crippen LogP contribution in [-0.4, -0.2) is 46.9 Å². The zero-order chi connectivity index (χ0) is 20.1. The van der Waals surface area contributed by atoms with Crippen molar-refractivity contribution in [2.75, 3.05) is 26.3 Å².